The molecule has 2 aliphatic rings. The predicted octanol–water partition coefficient (Wildman–Crippen LogP) is 5.95. The number of amides is 1. The minimum absolute atomic E-state index is 0.149. The Labute approximate surface area is 257 Å². The first-order chi connectivity index (χ1) is 21.5. The van der Waals surface area contributed by atoms with Gasteiger partial charge >= 0.3 is 0 Å². The van der Waals surface area contributed by atoms with E-state index in [9.17, 15) is 10.1 Å². The second-order valence-electron chi connectivity index (χ2n) is 10.5. The van der Waals surface area contributed by atoms with Gasteiger partial charge in [0.05, 0.1) is 36.4 Å². The van der Waals surface area contributed by atoms with Crippen LogP contribution in [0.15, 0.2) is 57.8 Å². The summed E-state index contributed by atoms with van der Waals surface area (Å²) in [5.41, 5.74) is 3.80. The summed E-state index contributed by atoms with van der Waals surface area (Å²) in [5, 5.41) is 37.8. The lowest BCUT2D eigenvalue weighted by molar-refractivity contribution is 0.0755. The van der Waals surface area contributed by atoms with Crippen LogP contribution in [-0.4, -0.2) is 62.0 Å². The number of aryl methyl sites for hydroxylation is 1. The summed E-state index contributed by atoms with van der Waals surface area (Å²) in [5.74, 6) is 1.39. The first-order valence-corrected chi connectivity index (χ1v) is 15.2. The number of azo groups is 1. The molecule has 0 bridgehead atoms. The molecule has 6 rings (SSSR count). The maximum absolute atomic E-state index is 13.6. The number of tetrazole rings is 1. The van der Waals surface area contributed by atoms with Gasteiger partial charge in [-0.3, -0.25) is 4.79 Å². The van der Waals surface area contributed by atoms with Crippen LogP contribution in [0.3, 0.4) is 0 Å². The molecule has 0 radical (unpaired) electrons. The van der Waals surface area contributed by atoms with Crippen LogP contribution in [-0.2, 0) is 0 Å². The Morgan fingerprint density at radius 1 is 1.14 bits per heavy atom. The second-order valence-corrected chi connectivity index (χ2v) is 11.5. The smallest absolute Gasteiger partial charge is 0.285 e. The number of hydrogen-bond acceptors (Lipinski definition) is 12. The third-order valence-corrected chi connectivity index (χ3v) is 8.67. The molecular formula is C30H30N10O3S. The second kappa shape index (κ2) is 13.1. The van der Waals surface area contributed by atoms with Gasteiger partial charge in [0.1, 0.15) is 9.88 Å². The average molecular weight is 611 g/mol. The van der Waals surface area contributed by atoms with Gasteiger partial charge in [-0.15, -0.1) is 21.5 Å². The molecule has 13 nitrogen and oxygen atoms in total. The van der Waals surface area contributed by atoms with Crippen molar-refractivity contribution in [1.29, 1.82) is 5.26 Å². The summed E-state index contributed by atoms with van der Waals surface area (Å²) in [7, 11) is 1.64. The predicted molar refractivity (Wildman–Crippen MR) is 162 cm³/mol. The number of carbonyl (C=O) groups is 1. The SMILES string of the molecule is COc1ccc(C2=NN(C(=O)c3sc(-c4ccc(N=NC(C#N)c5nn[nH]n5)cc4)nc3C)CCC2)cc1OC1CCCC1. The number of benzene rings is 2. The normalized spacial score (nSPS) is 16.1. The van der Waals surface area contributed by atoms with Crippen molar-refractivity contribution in [3.8, 4) is 28.1 Å². The lowest BCUT2D eigenvalue weighted by Gasteiger charge is -2.24. The number of nitriles is 1. The quantitative estimate of drug-likeness (QED) is 0.227. The molecule has 0 spiro atoms. The number of hydrogen-bond donors (Lipinski definition) is 1. The maximum Gasteiger partial charge on any atom is 0.285 e. The highest BCUT2D eigenvalue weighted by Gasteiger charge is 2.26. The topological polar surface area (TPSA) is 167 Å². The monoisotopic (exact) mass is 610 g/mol. The van der Waals surface area contributed by atoms with Gasteiger partial charge in [0, 0.05) is 17.7 Å². The molecular weight excluding hydrogens is 580 g/mol. The summed E-state index contributed by atoms with van der Waals surface area (Å²) >= 11 is 1.33. The number of carbonyl (C=O) groups excluding carboxylic acids is 1. The highest BCUT2D eigenvalue weighted by atomic mass is 32.1. The van der Waals surface area contributed by atoms with Gasteiger partial charge in [-0.05, 0) is 87.9 Å². The first kappa shape index (κ1) is 29.1. The minimum atomic E-state index is -0.960. The molecule has 4 aromatic rings. The number of nitrogens with zero attached hydrogens (tertiary/aromatic N) is 9. The van der Waals surface area contributed by atoms with Gasteiger partial charge in [0.2, 0.25) is 11.9 Å². The van der Waals surface area contributed by atoms with E-state index in [4.69, 9.17) is 14.6 Å². The van der Waals surface area contributed by atoms with Gasteiger partial charge < -0.3 is 9.47 Å². The van der Waals surface area contributed by atoms with E-state index in [0.29, 0.717) is 33.6 Å². The number of hydrazone groups is 1. The standard InChI is InChI=1S/C30H30N10O3S/c1-18-27(44-29(32-18)19-9-12-21(13-10-19)33-34-24(17-31)28-35-38-39-36-28)30(41)40-15-5-8-23(37-40)20-11-14-25(42-2)26(16-20)43-22-6-3-4-7-22/h9-14,16,22,24H,3-8,15H2,1-2H3,(H,35,36,38,39). The molecule has 1 N–H and O–H groups in total. The molecule has 14 heteroatoms. The third kappa shape index (κ3) is 6.32. The number of H-pyrrole nitrogens is 1. The van der Waals surface area contributed by atoms with Crippen LogP contribution in [0.4, 0.5) is 5.69 Å². The van der Waals surface area contributed by atoms with Crippen molar-refractivity contribution in [3.05, 3.63) is 64.4 Å². The van der Waals surface area contributed by atoms with Crippen molar-refractivity contribution < 1.29 is 14.3 Å². The van der Waals surface area contributed by atoms with Crippen LogP contribution >= 0.6 is 11.3 Å². The van der Waals surface area contributed by atoms with E-state index in [1.165, 1.54) is 24.2 Å². The summed E-state index contributed by atoms with van der Waals surface area (Å²) in [6.45, 7) is 2.37. The van der Waals surface area contributed by atoms with E-state index in [1.807, 2.05) is 43.3 Å². The number of aromatic amines is 1. The van der Waals surface area contributed by atoms with Crippen molar-refractivity contribution >= 4 is 28.6 Å². The van der Waals surface area contributed by atoms with Gasteiger partial charge in [-0.1, -0.05) is 5.21 Å². The highest BCUT2D eigenvalue weighted by molar-refractivity contribution is 7.17. The van der Waals surface area contributed by atoms with Crippen LogP contribution in [0.2, 0.25) is 0 Å². The summed E-state index contributed by atoms with van der Waals surface area (Å²) in [6.07, 6.45) is 6.23. The van der Waals surface area contributed by atoms with Crippen molar-refractivity contribution in [2.24, 2.45) is 15.3 Å². The first-order valence-electron chi connectivity index (χ1n) is 14.4. The fourth-order valence-corrected chi connectivity index (χ4v) is 6.19. The zero-order chi connectivity index (χ0) is 30.5. The molecule has 3 heterocycles. The zero-order valence-corrected chi connectivity index (χ0v) is 25.1. The summed E-state index contributed by atoms with van der Waals surface area (Å²) in [4.78, 5) is 18.9. The van der Waals surface area contributed by atoms with Crippen LogP contribution in [0.5, 0.6) is 11.5 Å². The number of nitrogens with one attached hydrogen (secondary N) is 1. The fraction of sp³-hybridized carbons (Fsp3) is 0.367. The molecule has 2 aromatic carbocycles. The summed E-state index contributed by atoms with van der Waals surface area (Å²) < 4.78 is 11.8. The third-order valence-electron chi connectivity index (χ3n) is 7.47. The van der Waals surface area contributed by atoms with Gasteiger partial charge in [0.15, 0.2) is 11.5 Å². The van der Waals surface area contributed by atoms with E-state index in [-0.39, 0.29) is 17.8 Å². The van der Waals surface area contributed by atoms with Crippen LogP contribution in [0, 0.1) is 18.3 Å². The Morgan fingerprint density at radius 2 is 1.93 bits per heavy atom. The zero-order valence-electron chi connectivity index (χ0n) is 24.3. The molecule has 2 aromatic heterocycles. The Morgan fingerprint density at radius 3 is 2.66 bits per heavy atom. The lowest BCUT2D eigenvalue weighted by atomic mass is 10.0. The van der Waals surface area contributed by atoms with Crippen molar-refractivity contribution in [3.63, 3.8) is 0 Å². The number of aromatic nitrogens is 5. The minimum Gasteiger partial charge on any atom is -0.493 e. The maximum atomic E-state index is 13.6. The number of rotatable bonds is 9. The van der Waals surface area contributed by atoms with Gasteiger partial charge in [0.25, 0.3) is 5.91 Å². The van der Waals surface area contributed by atoms with Gasteiger partial charge in [-0.25, -0.2) is 9.99 Å². The van der Waals surface area contributed by atoms with E-state index in [1.54, 1.807) is 24.3 Å². The van der Waals surface area contributed by atoms with Crippen LogP contribution < -0.4 is 9.47 Å². The Kier molecular flexibility index (Phi) is 8.64. The van der Waals surface area contributed by atoms with E-state index >= 15 is 0 Å². The van der Waals surface area contributed by atoms with Crippen LogP contribution in [0.25, 0.3) is 10.6 Å². The molecule has 1 aliphatic carbocycles. The van der Waals surface area contributed by atoms with Crippen molar-refractivity contribution in [1.82, 2.24) is 30.6 Å². The fourth-order valence-electron chi connectivity index (χ4n) is 5.18. The number of ether oxygens (including phenoxy) is 2. The average Bonchev–Trinajstić information content (AvgIpc) is 3.85. The molecule has 1 fully saturated rings. The summed E-state index contributed by atoms with van der Waals surface area (Å²) in [6, 6.07) is 14.1. The molecule has 1 amide bonds. The number of thiazole rings is 1. The van der Waals surface area contributed by atoms with E-state index in [2.05, 4.69) is 35.8 Å². The molecule has 1 aliphatic heterocycles. The Balaban J connectivity index is 1.17. The number of methoxy groups -OCH3 is 1. The Hall–Kier alpha value is -5.03. The molecule has 224 valence electrons. The van der Waals surface area contributed by atoms with E-state index in [0.717, 1.165) is 48.3 Å². The molecule has 44 heavy (non-hydrogen) atoms. The molecule has 1 atom stereocenters. The van der Waals surface area contributed by atoms with Crippen molar-refractivity contribution in [2.45, 2.75) is 57.6 Å². The van der Waals surface area contributed by atoms with E-state index < -0.39 is 6.04 Å². The lowest BCUT2D eigenvalue weighted by Crippen LogP contribution is -2.32. The van der Waals surface area contributed by atoms with Gasteiger partial charge in [-0.2, -0.15) is 25.8 Å². The molecule has 1 unspecified atom stereocenters. The van der Waals surface area contributed by atoms with Crippen LogP contribution in [0.1, 0.15) is 71.3 Å². The highest BCUT2D eigenvalue weighted by Crippen LogP contribution is 2.34. The molecule has 1 saturated carbocycles. The van der Waals surface area contributed by atoms with Crippen molar-refractivity contribution in [2.75, 3.05) is 13.7 Å². The largest absolute Gasteiger partial charge is 0.493 e. The molecule has 0 saturated heterocycles. The Bertz CT molecular complexity index is 1720.